The first-order valence-electron chi connectivity index (χ1n) is 8.06. The third-order valence-electron chi connectivity index (χ3n) is 4.36. The van der Waals surface area contributed by atoms with Gasteiger partial charge in [0.2, 0.25) is 0 Å². The summed E-state index contributed by atoms with van der Waals surface area (Å²) in [6, 6.07) is 0. The number of nitrogens with zero attached hydrogens (tertiary/aromatic N) is 3. The molecule has 3 heterocycles. The summed E-state index contributed by atoms with van der Waals surface area (Å²) in [6.07, 6.45) is 8.34. The predicted molar refractivity (Wildman–Crippen MR) is 87.0 cm³/mol. The van der Waals surface area contributed by atoms with Gasteiger partial charge in [0.1, 0.15) is 10.7 Å². The molecule has 6 heteroatoms. The highest BCUT2D eigenvalue weighted by Gasteiger charge is 2.25. The number of carbonyl (C=O) groups excluding carboxylic acids is 1. The van der Waals surface area contributed by atoms with Gasteiger partial charge in [0, 0.05) is 26.2 Å². The van der Waals surface area contributed by atoms with E-state index < -0.39 is 0 Å². The predicted octanol–water partition coefficient (Wildman–Crippen LogP) is 2.73. The van der Waals surface area contributed by atoms with Gasteiger partial charge in [-0.05, 0) is 32.1 Å². The van der Waals surface area contributed by atoms with Crippen LogP contribution in [0.25, 0.3) is 0 Å². The van der Waals surface area contributed by atoms with Crippen LogP contribution in [-0.4, -0.2) is 42.0 Å². The third-order valence-corrected chi connectivity index (χ3v) is 5.48. The summed E-state index contributed by atoms with van der Waals surface area (Å²) in [6.45, 7) is 3.78. The van der Waals surface area contributed by atoms with Gasteiger partial charge in [-0.25, -0.2) is 4.98 Å². The molecule has 2 fully saturated rings. The fourth-order valence-corrected chi connectivity index (χ4v) is 4.12. The van der Waals surface area contributed by atoms with Crippen LogP contribution in [0.1, 0.15) is 54.6 Å². The molecule has 2 saturated heterocycles. The van der Waals surface area contributed by atoms with E-state index in [0.717, 1.165) is 44.2 Å². The van der Waals surface area contributed by atoms with Crippen molar-refractivity contribution in [3.8, 4) is 0 Å². The Morgan fingerprint density at radius 1 is 0.952 bits per heavy atom. The lowest BCUT2D eigenvalue weighted by molar-refractivity contribution is 0.0767. The van der Waals surface area contributed by atoms with E-state index in [4.69, 9.17) is 5.73 Å². The lowest BCUT2D eigenvalue weighted by atomic mass is 10.1. The molecule has 3 rings (SSSR count). The van der Waals surface area contributed by atoms with E-state index in [1.165, 1.54) is 43.4 Å². The fourth-order valence-electron chi connectivity index (χ4n) is 3.11. The van der Waals surface area contributed by atoms with Gasteiger partial charge < -0.3 is 15.5 Å². The third kappa shape index (κ3) is 3.31. The van der Waals surface area contributed by atoms with Gasteiger partial charge in [-0.1, -0.05) is 24.2 Å². The van der Waals surface area contributed by atoms with Crippen LogP contribution in [0.3, 0.4) is 0 Å². The number of nitrogen functional groups attached to an aromatic ring is 1. The molecule has 0 saturated carbocycles. The SMILES string of the molecule is Nc1nc(N2CCCCC2)sc1C(=O)N1CCCCCC1. The zero-order valence-corrected chi connectivity index (χ0v) is 13.3. The molecule has 2 aliphatic heterocycles. The topological polar surface area (TPSA) is 62.5 Å². The van der Waals surface area contributed by atoms with Crippen molar-refractivity contribution in [1.82, 2.24) is 9.88 Å². The normalized spacial score (nSPS) is 20.4. The van der Waals surface area contributed by atoms with E-state index in [2.05, 4.69) is 9.88 Å². The second-order valence-electron chi connectivity index (χ2n) is 5.96. The Labute approximate surface area is 130 Å². The Hall–Kier alpha value is -1.30. The lowest BCUT2D eigenvalue weighted by Crippen LogP contribution is -2.31. The number of carbonyl (C=O) groups is 1. The van der Waals surface area contributed by atoms with Crippen molar-refractivity contribution < 1.29 is 4.79 Å². The van der Waals surface area contributed by atoms with Gasteiger partial charge in [-0.3, -0.25) is 4.79 Å². The Kier molecular flexibility index (Phi) is 4.63. The molecule has 0 spiro atoms. The minimum Gasteiger partial charge on any atom is -0.382 e. The molecule has 21 heavy (non-hydrogen) atoms. The number of likely N-dealkylation sites (tertiary alicyclic amines) is 1. The average Bonchev–Trinajstić information content (AvgIpc) is 2.74. The number of amides is 1. The lowest BCUT2D eigenvalue weighted by Gasteiger charge is -2.25. The molecule has 0 aromatic carbocycles. The standard InChI is InChI=1S/C15H24N4OS/c16-13-12(14(20)18-8-4-1-2-5-9-18)21-15(17-13)19-10-6-3-7-11-19/h1-11,16H2. The highest BCUT2D eigenvalue weighted by atomic mass is 32.1. The second-order valence-corrected chi connectivity index (χ2v) is 6.94. The minimum atomic E-state index is 0.0789. The Morgan fingerprint density at radius 3 is 2.19 bits per heavy atom. The molecule has 0 atom stereocenters. The average molecular weight is 308 g/mol. The van der Waals surface area contributed by atoms with E-state index >= 15 is 0 Å². The molecule has 1 amide bonds. The summed E-state index contributed by atoms with van der Waals surface area (Å²) >= 11 is 1.47. The molecule has 0 bridgehead atoms. The van der Waals surface area contributed by atoms with Crippen LogP contribution >= 0.6 is 11.3 Å². The maximum Gasteiger partial charge on any atom is 0.267 e. The smallest absolute Gasteiger partial charge is 0.267 e. The number of hydrogen-bond donors (Lipinski definition) is 1. The zero-order valence-electron chi connectivity index (χ0n) is 12.5. The van der Waals surface area contributed by atoms with Crippen molar-refractivity contribution in [2.45, 2.75) is 44.9 Å². The van der Waals surface area contributed by atoms with Gasteiger partial charge in [-0.15, -0.1) is 0 Å². The van der Waals surface area contributed by atoms with Gasteiger partial charge in [0.15, 0.2) is 5.13 Å². The zero-order chi connectivity index (χ0) is 14.7. The van der Waals surface area contributed by atoms with E-state index in [1.807, 2.05) is 4.90 Å². The first kappa shape index (κ1) is 14.6. The van der Waals surface area contributed by atoms with E-state index in [1.54, 1.807) is 0 Å². The Morgan fingerprint density at radius 2 is 1.52 bits per heavy atom. The summed E-state index contributed by atoms with van der Waals surface area (Å²) in [7, 11) is 0. The molecule has 0 radical (unpaired) electrons. The second kappa shape index (κ2) is 6.64. The van der Waals surface area contributed by atoms with Crippen LogP contribution in [0.15, 0.2) is 0 Å². The van der Waals surface area contributed by atoms with E-state index in [-0.39, 0.29) is 5.91 Å². The first-order valence-corrected chi connectivity index (χ1v) is 8.88. The summed E-state index contributed by atoms with van der Waals surface area (Å²) in [5.41, 5.74) is 6.02. The summed E-state index contributed by atoms with van der Waals surface area (Å²) in [4.78, 5) is 22.0. The highest BCUT2D eigenvalue weighted by molar-refractivity contribution is 7.18. The first-order chi connectivity index (χ1) is 10.3. The maximum absolute atomic E-state index is 12.7. The van der Waals surface area contributed by atoms with Crippen LogP contribution in [0.5, 0.6) is 0 Å². The number of nitrogens with two attached hydrogens (primary N) is 1. The van der Waals surface area contributed by atoms with Crippen LogP contribution in [-0.2, 0) is 0 Å². The molecule has 2 N–H and O–H groups in total. The molecule has 1 aromatic heterocycles. The largest absolute Gasteiger partial charge is 0.382 e. The van der Waals surface area contributed by atoms with Gasteiger partial charge in [-0.2, -0.15) is 0 Å². The Bertz CT molecular complexity index is 488. The van der Waals surface area contributed by atoms with Gasteiger partial charge in [0.05, 0.1) is 0 Å². The number of piperidine rings is 1. The summed E-state index contributed by atoms with van der Waals surface area (Å²) in [5.74, 6) is 0.491. The molecule has 0 unspecified atom stereocenters. The quantitative estimate of drug-likeness (QED) is 0.912. The van der Waals surface area contributed by atoms with Crippen molar-refractivity contribution in [2.24, 2.45) is 0 Å². The van der Waals surface area contributed by atoms with E-state index in [9.17, 15) is 4.79 Å². The van der Waals surface area contributed by atoms with Crippen molar-refractivity contribution >= 4 is 28.2 Å². The number of thiazole rings is 1. The monoisotopic (exact) mass is 308 g/mol. The minimum absolute atomic E-state index is 0.0789. The summed E-state index contributed by atoms with van der Waals surface area (Å²) < 4.78 is 0. The van der Waals surface area contributed by atoms with Crippen molar-refractivity contribution in [1.29, 1.82) is 0 Å². The molecule has 1 aromatic rings. The fraction of sp³-hybridized carbons (Fsp3) is 0.733. The molecule has 0 aliphatic carbocycles. The maximum atomic E-state index is 12.7. The molecule has 116 valence electrons. The van der Waals surface area contributed by atoms with Crippen LogP contribution in [0.4, 0.5) is 10.9 Å². The molecular weight excluding hydrogens is 284 g/mol. The van der Waals surface area contributed by atoms with Crippen LogP contribution in [0.2, 0.25) is 0 Å². The number of aromatic nitrogens is 1. The Balaban J connectivity index is 1.74. The molecule has 5 nitrogen and oxygen atoms in total. The molecule has 2 aliphatic rings. The number of rotatable bonds is 2. The summed E-state index contributed by atoms with van der Waals surface area (Å²) in [5, 5.41) is 0.922. The van der Waals surface area contributed by atoms with Crippen LogP contribution < -0.4 is 10.6 Å². The van der Waals surface area contributed by atoms with Crippen molar-refractivity contribution in [3.63, 3.8) is 0 Å². The number of hydrogen-bond acceptors (Lipinski definition) is 5. The van der Waals surface area contributed by atoms with Gasteiger partial charge >= 0.3 is 0 Å². The number of anilines is 2. The highest BCUT2D eigenvalue weighted by Crippen LogP contribution is 2.31. The van der Waals surface area contributed by atoms with Crippen LogP contribution in [0, 0.1) is 0 Å². The van der Waals surface area contributed by atoms with Crippen molar-refractivity contribution in [2.75, 3.05) is 36.8 Å². The molecular formula is C15H24N4OS. The van der Waals surface area contributed by atoms with E-state index in [0.29, 0.717) is 10.7 Å². The van der Waals surface area contributed by atoms with Gasteiger partial charge in [0.25, 0.3) is 5.91 Å². The van der Waals surface area contributed by atoms with Crippen molar-refractivity contribution in [3.05, 3.63) is 4.88 Å².